The molecule has 1 rings (SSSR count). The molecule has 122 valence electrons. The van der Waals surface area contributed by atoms with Crippen molar-refractivity contribution in [3.8, 4) is 0 Å². The molecule has 0 aliphatic carbocycles. The van der Waals surface area contributed by atoms with Crippen molar-refractivity contribution in [1.82, 2.24) is 5.32 Å². The minimum Gasteiger partial charge on any atom is -0.467 e. The number of aryl methyl sites for hydroxylation is 3. The highest BCUT2D eigenvalue weighted by Crippen LogP contribution is 2.20. The summed E-state index contributed by atoms with van der Waals surface area (Å²) in [5, 5.41) is 2.88. The zero-order valence-electron chi connectivity index (χ0n) is 14.5. The lowest BCUT2D eigenvalue weighted by molar-refractivity contribution is -0.151. The quantitative estimate of drug-likeness (QED) is 0.822. The second kappa shape index (κ2) is 7.43. The summed E-state index contributed by atoms with van der Waals surface area (Å²) in [6, 6.07) is 4.14. The van der Waals surface area contributed by atoms with E-state index in [-0.39, 0.29) is 18.3 Å². The van der Waals surface area contributed by atoms with Gasteiger partial charge in [0.25, 0.3) is 0 Å². The maximum absolute atomic E-state index is 12.4. The van der Waals surface area contributed by atoms with Crippen LogP contribution in [0, 0.1) is 20.8 Å². The van der Waals surface area contributed by atoms with Crippen LogP contribution in [0.2, 0.25) is 0 Å². The first-order valence-electron chi connectivity index (χ1n) is 7.75. The molecule has 0 spiro atoms. The van der Waals surface area contributed by atoms with Gasteiger partial charge in [-0.3, -0.25) is 4.79 Å². The van der Waals surface area contributed by atoms with Gasteiger partial charge in [0.2, 0.25) is 5.91 Å². The summed E-state index contributed by atoms with van der Waals surface area (Å²) in [7, 11) is 1.35. The summed E-state index contributed by atoms with van der Waals surface area (Å²) < 4.78 is 4.86. The number of benzene rings is 1. The van der Waals surface area contributed by atoms with Crippen LogP contribution in [0.5, 0.6) is 0 Å². The zero-order valence-corrected chi connectivity index (χ0v) is 14.5. The Morgan fingerprint density at radius 2 is 1.59 bits per heavy atom. The van der Waals surface area contributed by atoms with Gasteiger partial charge in [0.05, 0.1) is 13.5 Å². The third-order valence-corrected chi connectivity index (χ3v) is 4.34. The number of carbonyl (C=O) groups excluding carboxylic acids is 2. The van der Waals surface area contributed by atoms with Crippen LogP contribution in [-0.2, 0) is 20.7 Å². The molecule has 22 heavy (non-hydrogen) atoms. The van der Waals surface area contributed by atoms with E-state index in [1.165, 1.54) is 12.7 Å². The number of methoxy groups -OCH3 is 1. The lowest BCUT2D eigenvalue weighted by Crippen LogP contribution is -2.54. The van der Waals surface area contributed by atoms with E-state index in [1.54, 1.807) is 0 Å². The molecule has 0 saturated heterocycles. The number of nitrogens with one attached hydrogen (secondary N) is 1. The minimum absolute atomic E-state index is 0.149. The SMILES string of the molecule is CCC(CC)(NC(=O)Cc1c(C)cc(C)cc1C)C(=O)OC. The molecule has 1 aromatic carbocycles. The van der Waals surface area contributed by atoms with Crippen molar-refractivity contribution in [3.05, 3.63) is 34.4 Å². The molecule has 1 amide bonds. The van der Waals surface area contributed by atoms with Crippen molar-refractivity contribution in [2.75, 3.05) is 7.11 Å². The Bertz CT molecular complexity index is 536. The third kappa shape index (κ3) is 3.87. The monoisotopic (exact) mass is 305 g/mol. The highest BCUT2D eigenvalue weighted by Gasteiger charge is 2.37. The van der Waals surface area contributed by atoms with E-state index in [1.807, 2.05) is 34.6 Å². The van der Waals surface area contributed by atoms with Crippen LogP contribution in [0.15, 0.2) is 12.1 Å². The zero-order chi connectivity index (χ0) is 16.9. The molecule has 0 heterocycles. The molecule has 1 N–H and O–H groups in total. The van der Waals surface area contributed by atoms with Crippen molar-refractivity contribution in [1.29, 1.82) is 0 Å². The second-order valence-corrected chi connectivity index (χ2v) is 5.88. The lowest BCUT2D eigenvalue weighted by atomic mass is 9.91. The van der Waals surface area contributed by atoms with E-state index < -0.39 is 5.54 Å². The molecular formula is C18H27NO3. The number of hydrogen-bond acceptors (Lipinski definition) is 3. The predicted molar refractivity (Wildman–Crippen MR) is 87.8 cm³/mol. The first kappa shape index (κ1) is 18.2. The molecule has 4 heteroatoms. The smallest absolute Gasteiger partial charge is 0.331 e. The van der Waals surface area contributed by atoms with Gasteiger partial charge in [-0.05, 0) is 50.3 Å². The summed E-state index contributed by atoms with van der Waals surface area (Å²) in [6.07, 6.45) is 1.29. The Labute approximate surface area is 133 Å². The Morgan fingerprint density at radius 3 is 2.00 bits per heavy atom. The van der Waals surface area contributed by atoms with E-state index >= 15 is 0 Å². The van der Waals surface area contributed by atoms with Crippen LogP contribution in [0.4, 0.5) is 0 Å². The molecule has 0 aliphatic heterocycles. The standard InChI is InChI=1S/C18H27NO3/c1-7-18(8-2,17(21)22-6)19-16(20)11-15-13(4)9-12(3)10-14(15)5/h9-10H,7-8,11H2,1-6H3,(H,19,20). The van der Waals surface area contributed by atoms with Crippen LogP contribution in [0.1, 0.15) is 48.9 Å². The first-order valence-corrected chi connectivity index (χ1v) is 7.75. The average molecular weight is 305 g/mol. The Morgan fingerprint density at radius 1 is 1.09 bits per heavy atom. The minimum atomic E-state index is -0.932. The van der Waals surface area contributed by atoms with Crippen LogP contribution >= 0.6 is 0 Å². The average Bonchev–Trinajstić information content (AvgIpc) is 2.47. The molecule has 0 bridgehead atoms. The van der Waals surface area contributed by atoms with E-state index in [4.69, 9.17) is 4.74 Å². The summed E-state index contributed by atoms with van der Waals surface area (Å²) in [5.41, 5.74) is 3.48. The summed E-state index contributed by atoms with van der Waals surface area (Å²) in [6.45, 7) is 9.82. The maximum Gasteiger partial charge on any atom is 0.331 e. The van der Waals surface area contributed by atoms with Crippen LogP contribution in [-0.4, -0.2) is 24.5 Å². The van der Waals surface area contributed by atoms with Gasteiger partial charge in [-0.15, -0.1) is 0 Å². The highest BCUT2D eigenvalue weighted by atomic mass is 16.5. The fourth-order valence-corrected chi connectivity index (χ4v) is 2.92. The van der Waals surface area contributed by atoms with Gasteiger partial charge < -0.3 is 10.1 Å². The predicted octanol–water partition coefficient (Wildman–Crippen LogP) is 3.00. The van der Waals surface area contributed by atoms with E-state index in [2.05, 4.69) is 17.4 Å². The number of hydrogen-bond donors (Lipinski definition) is 1. The summed E-state index contributed by atoms with van der Waals surface area (Å²) >= 11 is 0. The van der Waals surface area contributed by atoms with Crippen molar-refractivity contribution in [3.63, 3.8) is 0 Å². The van der Waals surface area contributed by atoms with Gasteiger partial charge in [-0.25, -0.2) is 4.79 Å². The van der Waals surface area contributed by atoms with E-state index in [9.17, 15) is 9.59 Å². The molecule has 0 aliphatic rings. The number of rotatable bonds is 6. The Kier molecular flexibility index (Phi) is 6.15. The van der Waals surface area contributed by atoms with Crippen LogP contribution in [0.3, 0.4) is 0 Å². The molecule has 0 saturated carbocycles. The summed E-state index contributed by atoms with van der Waals surface area (Å²) in [4.78, 5) is 24.5. The lowest BCUT2D eigenvalue weighted by Gasteiger charge is -2.30. The molecule has 0 unspecified atom stereocenters. The molecule has 4 nitrogen and oxygen atoms in total. The summed E-state index contributed by atoms with van der Waals surface area (Å²) in [5.74, 6) is -0.535. The number of amides is 1. The second-order valence-electron chi connectivity index (χ2n) is 5.88. The van der Waals surface area contributed by atoms with Crippen molar-refractivity contribution in [2.45, 2.75) is 59.4 Å². The van der Waals surface area contributed by atoms with Gasteiger partial charge in [0.15, 0.2) is 0 Å². The highest BCUT2D eigenvalue weighted by molar-refractivity contribution is 5.89. The van der Waals surface area contributed by atoms with Crippen molar-refractivity contribution >= 4 is 11.9 Å². The third-order valence-electron chi connectivity index (χ3n) is 4.34. The first-order chi connectivity index (χ1) is 10.3. The Hall–Kier alpha value is -1.84. The molecule has 0 radical (unpaired) electrons. The van der Waals surface area contributed by atoms with Gasteiger partial charge in [-0.1, -0.05) is 31.5 Å². The van der Waals surface area contributed by atoms with Crippen molar-refractivity contribution < 1.29 is 14.3 Å². The molecule has 0 aromatic heterocycles. The molecule has 0 atom stereocenters. The molecular weight excluding hydrogens is 278 g/mol. The van der Waals surface area contributed by atoms with Gasteiger partial charge >= 0.3 is 5.97 Å². The topological polar surface area (TPSA) is 55.4 Å². The Balaban J connectivity index is 2.96. The molecule has 1 aromatic rings. The number of ether oxygens (including phenoxy) is 1. The fraction of sp³-hybridized carbons (Fsp3) is 0.556. The normalized spacial score (nSPS) is 11.2. The number of carbonyl (C=O) groups is 2. The van der Waals surface area contributed by atoms with E-state index in [0.717, 1.165) is 16.7 Å². The van der Waals surface area contributed by atoms with E-state index in [0.29, 0.717) is 12.8 Å². The van der Waals surface area contributed by atoms with Gasteiger partial charge in [0, 0.05) is 0 Å². The largest absolute Gasteiger partial charge is 0.467 e. The van der Waals surface area contributed by atoms with Crippen LogP contribution in [0.25, 0.3) is 0 Å². The number of esters is 1. The maximum atomic E-state index is 12.4. The fourth-order valence-electron chi connectivity index (χ4n) is 2.92. The van der Waals surface area contributed by atoms with Gasteiger partial charge in [0.1, 0.15) is 5.54 Å². The van der Waals surface area contributed by atoms with Crippen LogP contribution < -0.4 is 5.32 Å². The van der Waals surface area contributed by atoms with Gasteiger partial charge in [-0.2, -0.15) is 0 Å². The van der Waals surface area contributed by atoms with Crippen molar-refractivity contribution in [2.24, 2.45) is 0 Å². The molecule has 0 fully saturated rings.